The summed E-state index contributed by atoms with van der Waals surface area (Å²) in [7, 11) is 2.82. The van der Waals surface area contributed by atoms with Crippen LogP contribution in [0.25, 0.3) is 0 Å². The molecule has 0 aliphatic heterocycles. The van der Waals surface area contributed by atoms with E-state index in [1.165, 1.54) is 30.2 Å². The molecule has 0 bridgehead atoms. The van der Waals surface area contributed by atoms with Gasteiger partial charge in [0.2, 0.25) is 5.91 Å². The molecule has 0 atom stereocenters. The summed E-state index contributed by atoms with van der Waals surface area (Å²) < 4.78 is 9.94. The van der Waals surface area contributed by atoms with Crippen molar-refractivity contribution in [2.45, 2.75) is 32.1 Å². The van der Waals surface area contributed by atoms with Crippen molar-refractivity contribution in [1.82, 2.24) is 4.90 Å². The number of para-hydroxylation sites is 1. The third-order valence-corrected chi connectivity index (χ3v) is 3.90. The second-order valence-corrected chi connectivity index (χ2v) is 5.91. The predicted octanol–water partition coefficient (Wildman–Crippen LogP) is 2.37. The summed E-state index contributed by atoms with van der Waals surface area (Å²) in [4.78, 5) is 45.6. The van der Waals surface area contributed by atoms with Gasteiger partial charge in [0.1, 0.15) is 6.54 Å². The zero-order chi connectivity index (χ0) is 20.2. The third kappa shape index (κ3) is 7.43. The highest BCUT2D eigenvalue weighted by Gasteiger charge is 2.20. The maximum absolute atomic E-state index is 11.8. The number of nitro benzene ring substituents is 1. The number of benzene rings is 1. The van der Waals surface area contributed by atoms with E-state index >= 15 is 0 Å². The lowest BCUT2D eigenvalue weighted by molar-refractivity contribution is -0.386. The van der Waals surface area contributed by atoms with E-state index in [9.17, 15) is 24.5 Å². The maximum Gasteiger partial charge on any atom is 0.325 e. The van der Waals surface area contributed by atoms with E-state index < -0.39 is 10.9 Å². The minimum Gasteiger partial charge on any atom is -0.487 e. The molecule has 0 radical (unpaired) electrons. The molecule has 0 saturated carbocycles. The van der Waals surface area contributed by atoms with Crippen molar-refractivity contribution in [2.24, 2.45) is 0 Å². The molecule has 1 rings (SSSR count). The fourth-order valence-electron chi connectivity index (χ4n) is 2.40. The molecule has 9 heteroatoms. The zero-order valence-corrected chi connectivity index (χ0v) is 15.5. The number of amides is 1. The number of esters is 1. The van der Waals surface area contributed by atoms with Crippen LogP contribution in [-0.4, -0.2) is 55.3 Å². The number of ether oxygens (including phenoxy) is 2. The van der Waals surface area contributed by atoms with Crippen LogP contribution < -0.4 is 4.74 Å². The van der Waals surface area contributed by atoms with Crippen molar-refractivity contribution in [3.05, 3.63) is 33.9 Å². The standard InChI is InChI=1S/C18H24N2O7/c1-19(12-17(23)26-2)16(22)10-5-3-4-6-11-27-15-9-7-8-14(13-21)18(15)20(24)25/h7-9,13H,3-6,10-12H2,1-2H3. The number of hydrogen-bond acceptors (Lipinski definition) is 7. The van der Waals surface area contributed by atoms with Crippen molar-refractivity contribution in [3.8, 4) is 5.75 Å². The van der Waals surface area contributed by atoms with Gasteiger partial charge in [-0.2, -0.15) is 0 Å². The first kappa shape index (κ1) is 22.1. The topological polar surface area (TPSA) is 116 Å². The van der Waals surface area contributed by atoms with Crippen molar-refractivity contribution in [1.29, 1.82) is 0 Å². The lowest BCUT2D eigenvalue weighted by Gasteiger charge is -2.15. The van der Waals surface area contributed by atoms with E-state index in [0.29, 0.717) is 25.5 Å². The summed E-state index contributed by atoms with van der Waals surface area (Å²) >= 11 is 0. The average molecular weight is 380 g/mol. The highest BCUT2D eigenvalue weighted by atomic mass is 16.6. The van der Waals surface area contributed by atoms with Gasteiger partial charge in [-0.3, -0.25) is 24.5 Å². The number of nitro groups is 1. The van der Waals surface area contributed by atoms with Crippen molar-refractivity contribution in [3.63, 3.8) is 0 Å². The minimum absolute atomic E-state index is 0.0212. The Hall–Kier alpha value is -2.97. The molecular formula is C18H24N2O7. The van der Waals surface area contributed by atoms with Gasteiger partial charge in [-0.25, -0.2) is 0 Å². The first-order chi connectivity index (χ1) is 12.9. The van der Waals surface area contributed by atoms with Crippen LogP contribution in [0.5, 0.6) is 5.75 Å². The molecule has 0 saturated heterocycles. The summed E-state index contributed by atoms with van der Waals surface area (Å²) in [5, 5.41) is 11.1. The van der Waals surface area contributed by atoms with Crippen LogP contribution in [0.3, 0.4) is 0 Å². The molecule has 0 aliphatic carbocycles. The summed E-state index contributed by atoms with van der Waals surface area (Å²) in [6.45, 7) is 0.209. The predicted molar refractivity (Wildman–Crippen MR) is 96.7 cm³/mol. The molecule has 0 heterocycles. The molecule has 0 N–H and O–H groups in total. The number of aldehydes is 1. The van der Waals surface area contributed by atoms with Crippen molar-refractivity contribution >= 4 is 23.9 Å². The fraction of sp³-hybridized carbons (Fsp3) is 0.500. The van der Waals surface area contributed by atoms with E-state index in [2.05, 4.69) is 4.74 Å². The van der Waals surface area contributed by atoms with E-state index in [4.69, 9.17) is 4.74 Å². The first-order valence-electron chi connectivity index (χ1n) is 8.56. The number of methoxy groups -OCH3 is 1. The van der Waals surface area contributed by atoms with Gasteiger partial charge in [-0.1, -0.05) is 18.9 Å². The average Bonchev–Trinajstić information content (AvgIpc) is 2.66. The smallest absolute Gasteiger partial charge is 0.325 e. The van der Waals surface area contributed by atoms with E-state index in [1.807, 2.05) is 0 Å². The normalized spacial score (nSPS) is 10.1. The molecule has 0 aliphatic rings. The van der Waals surface area contributed by atoms with Gasteiger partial charge in [-0.15, -0.1) is 0 Å². The van der Waals surface area contributed by atoms with Gasteiger partial charge in [-0.05, 0) is 25.0 Å². The van der Waals surface area contributed by atoms with Crippen LogP contribution in [-0.2, 0) is 14.3 Å². The van der Waals surface area contributed by atoms with Gasteiger partial charge < -0.3 is 14.4 Å². The van der Waals surface area contributed by atoms with Gasteiger partial charge in [0, 0.05) is 13.5 Å². The second-order valence-electron chi connectivity index (χ2n) is 5.91. The molecule has 0 aromatic heterocycles. The third-order valence-electron chi connectivity index (χ3n) is 3.90. The van der Waals surface area contributed by atoms with Crippen LogP contribution in [0, 0.1) is 10.1 Å². The van der Waals surface area contributed by atoms with Crippen molar-refractivity contribution in [2.75, 3.05) is 27.3 Å². The Bertz CT molecular complexity index is 676. The number of carbonyl (C=O) groups is 3. The minimum atomic E-state index is -0.629. The highest BCUT2D eigenvalue weighted by Crippen LogP contribution is 2.29. The molecule has 1 aromatic rings. The van der Waals surface area contributed by atoms with Gasteiger partial charge in [0.15, 0.2) is 12.0 Å². The number of carbonyl (C=O) groups excluding carboxylic acids is 3. The number of hydrogen-bond donors (Lipinski definition) is 0. The molecule has 9 nitrogen and oxygen atoms in total. The SMILES string of the molecule is COC(=O)CN(C)C(=O)CCCCCCOc1cccc(C=O)c1[N+](=O)[O-]. The van der Waals surface area contributed by atoms with Crippen LogP contribution >= 0.6 is 0 Å². The Morgan fingerprint density at radius 1 is 1.22 bits per heavy atom. The Labute approximate surface area is 157 Å². The van der Waals surface area contributed by atoms with Crippen LogP contribution in [0.2, 0.25) is 0 Å². The number of rotatable bonds is 12. The molecule has 0 fully saturated rings. The molecule has 1 amide bonds. The fourth-order valence-corrected chi connectivity index (χ4v) is 2.40. The Morgan fingerprint density at radius 3 is 2.56 bits per heavy atom. The van der Waals surface area contributed by atoms with Gasteiger partial charge >= 0.3 is 11.7 Å². The monoisotopic (exact) mass is 380 g/mol. The second kappa shape index (κ2) is 11.6. The number of likely N-dealkylation sites (N-methyl/N-ethyl adjacent to an activating group) is 1. The summed E-state index contributed by atoms with van der Waals surface area (Å²) in [5.74, 6) is -0.516. The summed E-state index contributed by atoms with van der Waals surface area (Å²) in [6, 6.07) is 4.36. The Morgan fingerprint density at radius 2 is 1.93 bits per heavy atom. The highest BCUT2D eigenvalue weighted by molar-refractivity contribution is 5.83. The summed E-state index contributed by atoms with van der Waals surface area (Å²) in [6.07, 6.45) is 3.67. The van der Waals surface area contributed by atoms with E-state index in [0.717, 1.165) is 12.8 Å². The van der Waals surface area contributed by atoms with E-state index in [1.54, 1.807) is 7.05 Å². The molecule has 0 spiro atoms. The van der Waals surface area contributed by atoms with Crippen molar-refractivity contribution < 1.29 is 28.8 Å². The largest absolute Gasteiger partial charge is 0.487 e. The summed E-state index contributed by atoms with van der Waals surface area (Å²) in [5.41, 5.74) is -0.348. The van der Waals surface area contributed by atoms with Gasteiger partial charge in [0.05, 0.1) is 24.2 Å². The molecule has 27 heavy (non-hydrogen) atoms. The molecular weight excluding hydrogens is 356 g/mol. The van der Waals surface area contributed by atoms with Gasteiger partial charge in [0.25, 0.3) is 0 Å². The van der Waals surface area contributed by atoms with Crippen LogP contribution in [0.1, 0.15) is 42.5 Å². The van der Waals surface area contributed by atoms with E-state index in [-0.39, 0.29) is 36.1 Å². The zero-order valence-electron chi connectivity index (χ0n) is 15.5. The molecule has 0 unspecified atom stereocenters. The Balaban J connectivity index is 2.29. The maximum atomic E-state index is 11.8. The first-order valence-corrected chi connectivity index (χ1v) is 8.56. The number of nitrogens with zero attached hydrogens (tertiary/aromatic N) is 2. The Kier molecular flexibility index (Phi) is 9.49. The van der Waals surface area contributed by atoms with Crippen LogP contribution in [0.4, 0.5) is 5.69 Å². The lowest BCUT2D eigenvalue weighted by Crippen LogP contribution is -2.32. The molecule has 148 valence electrons. The lowest BCUT2D eigenvalue weighted by atomic mass is 10.1. The molecule has 1 aromatic carbocycles. The number of unbranched alkanes of at least 4 members (excludes halogenated alkanes) is 3. The van der Waals surface area contributed by atoms with Crippen LogP contribution in [0.15, 0.2) is 18.2 Å². The quantitative estimate of drug-likeness (QED) is 0.180.